The zero-order valence-corrected chi connectivity index (χ0v) is 33.3. The topological polar surface area (TPSA) is 138 Å². The van der Waals surface area contributed by atoms with Crippen LogP contribution in [0.4, 0.5) is 37.7 Å². The number of halogens is 6. The van der Waals surface area contributed by atoms with E-state index in [1.165, 1.54) is 12.1 Å². The lowest BCUT2D eigenvalue weighted by Crippen LogP contribution is -2.60. The van der Waals surface area contributed by atoms with Gasteiger partial charge in [0, 0.05) is 50.9 Å². The standard InChI is InChI=1S/C40H45F6N7O5S/c1-38(2)36(57)52(28-8-7-25(21-47)31(20-28)39(41,42)43)37(59)53(38)27-9-11-29(12-10-27)58-18-4-15-50-16-17-51(32(22-50)40(44,45)46)23-34(55)48-26-6-3-5-24(19-26)30-13-14-33(54)49-35(30)56/h3,5-8,19-20,27,29-30,32H,4,9-18,22-23H2,1-2H3,(H,48,55)(H,49,54,56)/t27-,29-,30?,32-/m1/s1. The first-order valence-corrected chi connectivity index (χ1v) is 19.9. The summed E-state index contributed by atoms with van der Waals surface area (Å²) in [4.78, 5) is 56.0. The van der Waals surface area contributed by atoms with Crippen molar-refractivity contribution in [3.63, 3.8) is 0 Å². The second kappa shape index (κ2) is 17.5. The van der Waals surface area contributed by atoms with Gasteiger partial charge in [-0.05, 0) is 100 Å². The third kappa shape index (κ3) is 9.88. The first kappa shape index (κ1) is 43.9. The van der Waals surface area contributed by atoms with E-state index in [9.17, 15) is 50.8 Å². The summed E-state index contributed by atoms with van der Waals surface area (Å²) in [5.74, 6) is -2.48. The second-order valence-electron chi connectivity index (χ2n) is 15.9. The van der Waals surface area contributed by atoms with Crippen molar-refractivity contribution in [2.75, 3.05) is 49.5 Å². The number of nitriles is 1. The molecule has 2 aromatic rings. The lowest BCUT2D eigenvalue weighted by Gasteiger charge is -2.42. The number of rotatable bonds is 11. The van der Waals surface area contributed by atoms with Crippen molar-refractivity contribution in [3.8, 4) is 6.07 Å². The molecular weight excluding hydrogens is 805 g/mol. The largest absolute Gasteiger partial charge is 0.417 e. The van der Waals surface area contributed by atoms with Crippen molar-refractivity contribution in [1.29, 1.82) is 5.26 Å². The lowest BCUT2D eigenvalue weighted by molar-refractivity contribution is -0.197. The number of ether oxygens (including phenoxy) is 1. The molecule has 0 aromatic heterocycles. The molecule has 0 bridgehead atoms. The number of piperazine rings is 1. The highest BCUT2D eigenvalue weighted by Crippen LogP contribution is 2.41. The Hall–Kier alpha value is -4.64. The van der Waals surface area contributed by atoms with Crippen molar-refractivity contribution in [2.24, 2.45) is 0 Å². The van der Waals surface area contributed by atoms with Crippen LogP contribution in [0.5, 0.6) is 0 Å². The van der Waals surface area contributed by atoms with Crippen molar-refractivity contribution in [1.82, 2.24) is 20.0 Å². The number of hydrogen-bond donors (Lipinski definition) is 2. The molecule has 3 aliphatic heterocycles. The third-order valence-electron chi connectivity index (χ3n) is 11.5. The predicted molar refractivity (Wildman–Crippen MR) is 207 cm³/mol. The van der Waals surface area contributed by atoms with Crippen LogP contribution in [-0.2, 0) is 30.1 Å². The molecule has 1 unspecified atom stereocenters. The Labute approximate surface area is 342 Å². The maximum atomic E-state index is 14.3. The Balaban J connectivity index is 0.956. The zero-order chi connectivity index (χ0) is 42.9. The third-order valence-corrected chi connectivity index (χ3v) is 11.9. The van der Waals surface area contributed by atoms with Crippen LogP contribution in [0.3, 0.4) is 0 Å². The van der Waals surface area contributed by atoms with Gasteiger partial charge in [-0.25, -0.2) is 0 Å². The van der Waals surface area contributed by atoms with E-state index in [2.05, 4.69) is 10.6 Å². The highest BCUT2D eigenvalue weighted by atomic mass is 32.1. The molecule has 0 radical (unpaired) electrons. The van der Waals surface area contributed by atoms with Gasteiger partial charge in [-0.1, -0.05) is 12.1 Å². The van der Waals surface area contributed by atoms with Gasteiger partial charge in [-0.2, -0.15) is 31.6 Å². The Bertz CT molecular complexity index is 2000. The summed E-state index contributed by atoms with van der Waals surface area (Å²) >= 11 is 5.68. The van der Waals surface area contributed by atoms with Crippen LogP contribution in [0.2, 0.25) is 0 Å². The van der Waals surface area contributed by atoms with Crippen LogP contribution in [-0.4, -0.2) is 113 Å². The van der Waals surface area contributed by atoms with E-state index in [0.717, 1.165) is 21.9 Å². The minimum Gasteiger partial charge on any atom is -0.378 e. The fraction of sp³-hybridized carbons (Fsp3) is 0.550. The summed E-state index contributed by atoms with van der Waals surface area (Å²) < 4.78 is 90.0. The number of thiocarbonyl (C=S) groups is 1. The normalized spacial score (nSPS) is 24.6. The van der Waals surface area contributed by atoms with Gasteiger partial charge in [0.2, 0.25) is 17.7 Å². The van der Waals surface area contributed by atoms with Crippen LogP contribution in [0.15, 0.2) is 42.5 Å². The van der Waals surface area contributed by atoms with Crippen molar-refractivity contribution < 1.29 is 50.3 Å². The highest BCUT2D eigenvalue weighted by Gasteiger charge is 2.53. The van der Waals surface area contributed by atoms with Gasteiger partial charge in [0.25, 0.3) is 5.91 Å². The lowest BCUT2D eigenvalue weighted by atomic mass is 9.89. The predicted octanol–water partition coefficient (Wildman–Crippen LogP) is 5.71. The number of piperidine rings is 1. The maximum absolute atomic E-state index is 14.3. The Morgan fingerprint density at radius 3 is 2.41 bits per heavy atom. The van der Waals surface area contributed by atoms with E-state index >= 15 is 0 Å². The molecule has 2 atom stereocenters. The molecule has 4 fully saturated rings. The molecule has 3 heterocycles. The number of alkyl halides is 6. The average Bonchev–Trinajstić information content (AvgIpc) is 3.34. The van der Waals surface area contributed by atoms with Crippen LogP contribution >= 0.6 is 12.2 Å². The Morgan fingerprint density at radius 1 is 1.02 bits per heavy atom. The fourth-order valence-electron chi connectivity index (χ4n) is 8.47. The summed E-state index contributed by atoms with van der Waals surface area (Å²) in [5.41, 5.74) is -2.01. The Morgan fingerprint density at radius 2 is 1.75 bits per heavy atom. The number of carbonyl (C=O) groups excluding carboxylic acids is 4. The first-order chi connectivity index (χ1) is 27.8. The molecule has 0 spiro atoms. The second-order valence-corrected chi connectivity index (χ2v) is 16.2. The van der Waals surface area contributed by atoms with Gasteiger partial charge in [0.1, 0.15) is 11.6 Å². The molecular formula is C40H45F6N7O5S. The molecule has 3 saturated heterocycles. The highest BCUT2D eigenvalue weighted by molar-refractivity contribution is 7.80. The average molecular weight is 850 g/mol. The van der Waals surface area contributed by atoms with Gasteiger partial charge in [0.15, 0.2) is 5.11 Å². The van der Waals surface area contributed by atoms with Crippen LogP contribution in [0.1, 0.15) is 81.4 Å². The molecule has 1 aliphatic carbocycles. The summed E-state index contributed by atoms with van der Waals surface area (Å²) in [6.07, 6.45) is -6.15. The number of nitrogens with one attached hydrogen (secondary N) is 2. The van der Waals surface area contributed by atoms with E-state index in [-0.39, 0.29) is 48.4 Å². The molecule has 12 nitrogen and oxygen atoms in total. The maximum Gasteiger partial charge on any atom is 0.417 e. The van der Waals surface area contributed by atoms with Gasteiger partial charge < -0.3 is 19.9 Å². The molecule has 6 rings (SSSR count). The van der Waals surface area contributed by atoms with E-state index in [0.29, 0.717) is 69.5 Å². The molecule has 1 saturated carbocycles. The number of imide groups is 1. The molecule has 19 heteroatoms. The van der Waals surface area contributed by atoms with Crippen LogP contribution < -0.4 is 15.5 Å². The zero-order valence-electron chi connectivity index (χ0n) is 32.5. The van der Waals surface area contributed by atoms with E-state index < -0.39 is 65.2 Å². The number of carbonyl (C=O) groups is 4. The summed E-state index contributed by atoms with van der Waals surface area (Å²) in [5, 5.41) is 14.2. The molecule has 2 aromatic carbocycles. The number of anilines is 2. The fourth-order valence-corrected chi connectivity index (χ4v) is 9.04. The number of benzene rings is 2. The van der Waals surface area contributed by atoms with E-state index in [4.69, 9.17) is 17.0 Å². The van der Waals surface area contributed by atoms with Crippen molar-refractivity contribution in [3.05, 3.63) is 59.2 Å². The van der Waals surface area contributed by atoms with Gasteiger partial charge in [0.05, 0.1) is 41.5 Å². The van der Waals surface area contributed by atoms with E-state index in [1.807, 2.05) is 0 Å². The van der Waals surface area contributed by atoms with Gasteiger partial charge in [-0.3, -0.25) is 34.3 Å². The minimum absolute atomic E-state index is 0.0160. The van der Waals surface area contributed by atoms with Crippen molar-refractivity contribution >= 4 is 52.3 Å². The van der Waals surface area contributed by atoms with Crippen LogP contribution in [0.25, 0.3) is 0 Å². The molecule has 4 amide bonds. The number of amides is 4. The van der Waals surface area contributed by atoms with Crippen molar-refractivity contribution in [2.45, 2.75) is 101 Å². The summed E-state index contributed by atoms with van der Waals surface area (Å²) in [6.45, 7) is 3.55. The minimum atomic E-state index is -4.81. The summed E-state index contributed by atoms with van der Waals surface area (Å²) in [6, 6.07) is 9.06. The number of nitrogens with zero attached hydrogens (tertiary/aromatic N) is 5. The van der Waals surface area contributed by atoms with Gasteiger partial charge in [-0.15, -0.1) is 0 Å². The Kier molecular flexibility index (Phi) is 13.0. The smallest absolute Gasteiger partial charge is 0.378 e. The monoisotopic (exact) mass is 849 g/mol. The molecule has 2 N–H and O–H groups in total. The molecule has 4 aliphatic rings. The SMILES string of the molecule is CC1(C)C(=O)N(c2ccc(C#N)c(C(F)(F)F)c2)C(=S)N1[C@H]1CC[C@H](OCCCN2CCN(CC(=O)Nc3cccc(C4CCC(=O)NC4=O)c3)[C@@H](C(F)(F)F)C2)CC1. The molecule has 59 heavy (non-hydrogen) atoms. The number of hydrogen-bond acceptors (Lipinski definition) is 9. The van der Waals surface area contributed by atoms with Crippen LogP contribution in [0, 0.1) is 11.3 Å². The molecule has 318 valence electrons. The quantitative estimate of drug-likeness (QED) is 0.125. The first-order valence-electron chi connectivity index (χ1n) is 19.5. The van der Waals surface area contributed by atoms with E-state index in [1.54, 1.807) is 47.9 Å². The summed E-state index contributed by atoms with van der Waals surface area (Å²) in [7, 11) is 0. The van der Waals surface area contributed by atoms with Gasteiger partial charge >= 0.3 is 12.4 Å².